The molecule has 7 nitrogen and oxygen atoms in total. The number of hydrogen-bond donors (Lipinski definition) is 3. The number of nitriles is 1. The fourth-order valence-corrected chi connectivity index (χ4v) is 2.71. The van der Waals surface area contributed by atoms with Crippen LogP contribution in [0.5, 0.6) is 5.75 Å². The first-order valence-electron chi connectivity index (χ1n) is 8.00. The lowest BCUT2D eigenvalue weighted by Crippen LogP contribution is -2.13. The van der Waals surface area contributed by atoms with Gasteiger partial charge < -0.3 is 20.1 Å². The van der Waals surface area contributed by atoms with Crippen molar-refractivity contribution in [3.8, 4) is 11.8 Å². The SMILES string of the molecule is N#C/C(=C/c1cn(CC(=O)O)c2ccccc12)C(=O)Nc1ccc(O)cc1. The summed E-state index contributed by atoms with van der Waals surface area (Å²) in [6, 6.07) is 14.9. The Kier molecular flexibility index (Phi) is 4.90. The molecule has 27 heavy (non-hydrogen) atoms. The van der Waals surface area contributed by atoms with Crippen LogP contribution < -0.4 is 5.32 Å². The van der Waals surface area contributed by atoms with Crippen LogP contribution in [0.4, 0.5) is 5.69 Å². The highest BCUT2D eigenvalue weighted by Crippen LogP contribution is 2.24. The third-order valence-electron chi connectivity index (χ3n) is 3.92. The predicted octanol–water partition coefficient (Wildman–Crippen LogP) is 2.98. The highest BCUT2D eigenvalue weighted by Gasteiger charge is 2.13. The maximum absolute atomic E-state index is 12.4. The Morgan fingerprint density at radius 1 is 1.15 bits per heavy atom. The Labute approximate surface area is 154 Å². The molecular formula is C20H15N3O4. The van der Waals surface area contributed by atoms with Crippen LogP contribution >= 0.6 is 0 Å². The minimum atomic E-state index is -0.989. The Bertz CT molecular complexity index is 1090. The quantitative estimate of drug-likeness (QED) is 0.367. The third kappa shape index (κ3) is 3.96. The molecule has 2 aromatic carbocycles. The maximum Gasteiger partial charge on any atom is 0.323 e. The van der Waals surface area contributed by atoms with E-state index in [0.717, 1.165) is 5.39 Å². The average Bonchev–Trinajstić information content (AvgIpc) is 2.98. The maximum atomic E-state index is 12.4. The number of aromatic nitrogens is 1. The van der Waals surface area contributed by atoms with Gasteiger partial charge in [-0.25, -0.2) is 0 Å². The fourth-order valence-electron chi connectivity index (χ4n) is 2.71. The van der Waals surface area contributed by atoms with Crippen molar-refractivity contribution in [2.45, 2.75) is 6.54 Å². The van der Waals surface area contributed by atoms with E-state index in [-0.39, 0.29) is 17.9 Å². The van der Waals surface area contributed by atoms with Gasteiger partial charge in [0.1, 0.15) is 23.9 Å². The molecule has 0 saturated carbocycles. The number of aromatic hydroxyl groups is 1. The van der Waals surface area contributed by atoms with E-state index in [1.165, 1.54) is 30.3 Å². The van der Waals surface area contributed by atoms with Crippen LogP contribution in [0, 0.1) is 11.3 Å². The van der Waals surface area contributed by atoms with Gasteiger partial charge in [-0.1, -0.05) is 18.2 Å². The van der Waals surface area contributed by atoms with E-state index in [4.69, 9.17) is 5.11 Å². The number of para-hydroxylation sites is 1. The monoisotopic (exact) mass is 361 g/mol. The Morgan fingerprint density at radius 3 is 2.52 bits per heavy atom. The van der Waals surface area contributed by atoms with E-state index < -0.39 is 11.9 Å². The number of rotatable bonds is 5. The molecule has 0 aliphatic heterocycles. The molecule has 0 bridgehead atoms. The van der Waals surface area contributed by atoms with Crippen molar-refractivity contribution in [2.75, 3.05) is 5.32 Å². The van der Waals surface area contributed by atoms with Crippen LogP contribution in [0.1, 0.15) is 5.56 Å². The summed E-state index contributed by atoms with van der Waals surface area (Å²) in [5.41, 5.74) is 1.58. The van der Waals surface area contributed by atoms with Gasteiger partial charge in [0.2, 0.25) is 0 Å². The van der Waals surface area contributed by atoms with E-state index in [2.05, 4.69) is 5.32 Å². The second-order valence-corrected chi connectivity index (χ2v) is 5.79. The van der Waals surface area contributed by atoms with Gasteiger partial charge in [0.25, 0.3) is 5.91 Å². The topological polar surface area (TPSA) is 115 Å². The molecule has 0 radical (unpaired) electrons. The van der Waals surface area contributed by atoms with Crippen molar-refractivity contribution in [1.82, 2.24) is 4.57 Å². The Hall–Kier alpha value is -4.05. The summed E-state index contributed by atoms with van der Waals surface area (Å²) < 4.78 is 1.55. The summed E-state index contributed by atoms with van der Waals surface area (Å²) in [6.07, 6.45) is 3.03. The van der Waals surface area contributed by atoms with Crippen molar-refractivity contribution in [2.24, 2.45) is 0 Å². The lowest BCUT2D eigenvalue weighted by atomic mass is 10.1. The van der Waals surface area contributed by atoms with Crippen LogP contribution in [0.15, 0.2) is 60.3 Å². The van der Waals surface area contributed by atoms with Crippen molar-refractivity contribution in [3.63, 3.8) is 0 Å². The Morgan fingerprint density at radius 2 is 1.85 bits per heavy atom. The first kappa shape index (κ1) is 17.8. The largest absolute Gasteiger partial charge is 0.508 e. The van der Waals surface area contributed by atoms with E-state index in [1.54, 1.807) is 35.0 Å². The van der Waals surface area contributed by atoms with Crippen molar-refractivity contribution < 1.29 is 19.8 Å². The minimum Gasteiger partial charge on any atom is -0.508 e. The molecule has 0 unspecified atom stereocenters. The predicted molar refractivity (Wildman–Crippen MR) is 99.9 cm³/mol. The van der Waals surface area contributed by atoms with Gasteiger partial charge in [-0.05, 0) is 36.4 Å². The molecule has 1 aromatic heterocycles. The number of carboxylic acid groups (broad SMARTS) is 1. The molecule has 3 aromatic rings. The summed E-state index contributed by atoms with van der Waals surface area (Å²) in [4.78, 5) is 23.5. The number of aliphatic carboxylic acids is 1. The van der Waals surface area contributed by atoms with Crippen LogP contribution in [-0.4, -0.2) is 26.7 Å². The lowest BCUT2D eigenvalue weighted by molar-refractivity contribution is -0.137. The van der Waals surface area contributed by atoms with Crippen molar-refractivity contribution in [3.05, 3.63) is 65.9 Å². The zero-order valence-corrected chi connectivity index (χ0v) is 14.1. The molecular weight excluding hydrogens is 346 g/mol. The first-order valence-corrected chi connectivity index (χ1v) is 8.00. The molecule has 3 rings (SSSR count). The zero-order valence-electron chi connectivity index (χ0n) is 14.1. The zero-order chi connectivity index (χ0) is 19.4. The number of amides is 1. The van der Waals surface area contributed by atoms with Gasteiger partial charge in [-0.3, -0.25) is 9.59 Å². The van der Waals surface area contributed by atoms with Crippen LogP contribution in [0.2, 0.25) is 0 Å². The van der Waals surface area contributed by atoms with Gasteiger partial charge in [-0.15, -0.1) is 0 Å². The van der Waals surface area contributed by atoms with E-state index in [9.17, 15) is 20.0 Å². The first-order chi connectivity index (χ1) is 13.0. The number of phenols is 1. The molecule has 0 atom stereocenters. The summed E-state index contributed by atoms with van der Waals surface area (Å²) in [6.45, 7) is -0.226. The number of anilines is 1. The normalized spacial score (nSPS) is 11.1. The molecule has 0 fully saturated rings. The summed E-state index contributed by atoms with van der Waals surface area (Å²) in [7, 11) is 0. The minimum absolute atomic E-state index is 0.0651. The molecule has 1 amide bonds. The van der Waals surface area contributed by atoms with Gasteiger partial charge in [0, 0.05) is 28.4 Å². The third-order valence-corrected chi connectivity index (χ3v) is 3.92. The number of carbonyl (C=O) groups excluding carboxylic acids is 1. The number of benzene rings is 2. The summed E-state index contributed by atoms with van der Waals surface area (Å²) in [5.74, 6) is -1.52. The van der Waals surface area contributed by atoms with Crippen LogP contribution in [0.3, 0.4) is 0 Å². The van der Waals surface area contributed by atoms with Crippen molar-refractivity contribution >= 4 is 34.5 Å². The number of fused-ring (bicyclic) bond motifs is 1. The number of nitrogens with one attached hydrogen (secondary N) is 1. The van der Waals surface area contributed by atoms with E-state index >= 15 is 0 Å². The van der Waals surface area contributed by atoms with Gasteiger partial charge in [0.15, 0.2) is 0 Å². The molecule has 1 heterocycles. The second-order valence-electron chi connectivity index (χ2n) is 5.79. The molecule has 3 N–H and O–H groups in total. The standard InChI is InChI=1S/C20H15N3O4/c21-10-13(20(27)22-15-5-7-16(24)8-6-15)9-14-11-23(12-19(25)26)18-4-2-1-3-17(14)18/h1-9,11,24H,12H2,(H,22,27)(H,25,26)/b13-9-. The van der Waals surface area contributed by atoms with Gasteiger partial charge in [-0.2, -0.15) is 5.26 Å². The second kappa shape index (κ2) is 7.45. The van der Waals surface area contributed by atoms with Gasteiger partial charge in [0.05, 0.1) is 0 Å². The molecule has 0 aliphatic carbocycles. The number of carbonyl (C=O) groups is 2. The van der Waals surface area contributed by atoms with E-state index in [0.29, 0.717) is 16.8 Å². The fraction of sp³-hybridized carbons (Fsp3) is 0.0500. The van der Waals surface area contributed by atoms with Crippen LogP contribution in [0.25, 0.3) is 17.0 Å². The number of nitrogens with zero attached hydrogens (tertiary/aromatic N) is 2. The summed E-state index contributed by atoms with van der Waals surface area (Å²) >= 11 is 0. The molecule has 0 spiro atoms. The highest BCUT2D eigenvalue weighted by molar-refractivity contribution is 6.10. The average molecular weight is 361 g/mol. The van der Waals surface area contributed by atoms with E-state index in [1.807, 2.05) is 6.07 Å². The van der Waals surface area contributed by atoms with Crippen LogP contribution in [-0.2, 0) is 16.1 Å². The summed E-state index contributed by atoms with van der Waals surface area (Å²) in [5, 5.41) is 31.1. The molecule has 0 aliphatic rings. The molecule has 7 heteroatoms. The molecule has 0 saturated heterocycles. The number of carboxylic acids is 1. The smallest absolute Gasteiger partial charge is 0.323 e. The highest BCUT2D eigenvalue weighted by atomic mass is 16.4. The Balaban J connectivity index is 1.95. The number of phenolic OH excluding ortho intramolecular Hbond substituents is 1. The number of hydrogen-bond acceptors (Lipinski definition) is 4. The van der Waals surface area contributed by atoms with Crippen molar-refractivity contribution in [1.29, 1.82) is 5.26 Å². The lowest BCUT2D eigenvalue weighted by Gasteiger charge is -2.04. The molecule has 134 valence electrons. The van der Waals surface area contributed by atoms with Gasteiger partial charge >= 0.3 is 5.97 Å².